The van der Waals surface area contributed by atoms with E-state index in [4.69, 9.17) is 4.74 Å². The van der Waals surface area contributed by atoms with Gasteiger partial charge in [0, 0.05) is 5.56 Å². The Morgan fingerprint density at radius 1 is 1.22 bits per heavy atom. The molecule has 0 saturated carbocycles. The number of hydrogen-bond donors (Lipinski definition) is 2. The van der Waals surface area contributed by atoms with Gasteiger partial charge in [-0.2, -0.15) is 5.10 Å². The molecule has 1 heterocycles. The topological polar surface area (TPSA) is 70.9 Å². The first-order valence-electron chi connectivity index (χ1n) is 8.52. The molecule has 5 nitrogen and oxygen atoms in total. The summed E-state index contributed by atoms with van der Waals surface area (Å²) < 4.78 is 5.34. The number of ether oxygens (including phenoxy) is 1. The number of benzene rings is 2. The number of thiophene rings is 1. The number of nitrogens with one attached hydrogen (secondary N) is 1. The van der Waals surface area contributed by atoms with Crippen molar-refractivity contribution >= 4 is 23.5 Å². The SMILES string of the molecule is CCOc1cc(/C=N/NC(=O)c2sccc2-c2ccc(C)cc2)ccc1O. The molecule has 0 bridgehead atoms. The lowest BCUT2D eigenvalue weighted by molar-refractivity contribution is 0.0960. The van der Waals surface area contributed by atoms with Crippen LogP contribution in [0.15, 0.2) is 59.0 Å². The molecule has 2 N–H and O–H groups in total. The summed E-state index contributed by atoms with van der Waals surface area (Å²) in [6.07, 6.45) is 1.51. The number of amides is 1. The summed E-state index contributed by atoms with van der Waals surface area (Å²) in [6, 6.07) is 14.9. The van der Waals surface area contributed by atoms with Gasteiger partial charge in [0.25, 0.3) is 5.91 Å². The number of phenolic OH excluding ortho intramolecular Hbond substituents is 1. The fourth-order valence-electron chi connectivity index (χ4n) is 2.54. The molecule has 27 heavy (non-hydrogen) atoms. The second-order valence-electron chi connectivity index (χ2n) is 5.89. The second-order valence-corrected chi connectivity index (χ2v) is 6.80. The summed E-state index contributed by atoms with van der Waals surface area (Å²) in [5.41, 5.74) is 6.32. The maximum atomic E-state index is 12.5. The Bertz CT molecular complexity index is 962. The van der Waals surface area contributed by atoms with Gasteiger partial charge in [0.15, 0.2) is 11.5 Å². The first-order valence-corrected chi connectivity index (χ1v) is 9.40. The molecule has 0 unspecified atom stereocenters. The molecule has 0 radical (unpaired) electrons. The molecule has 3 rings (SSSR count). The van der Waals surface area contributed by atoms with E-state index in [1.54, 1.807) is 12.1 Å². The van der Waals surface area contributed by atoms with Crippen LogP contribution in [0.5, 0.6) is 11.5 Å². The zero-order valence-corrected chi connectivity index (χ0v) is 15.9. The minimum Gasteiger partial charge on any atom is -0.504 e. The number of aromatic hydroxyl groups is 1. The molecule has 1 aromatic heterocycles. The molecule has 0 fully saturated rings. The lowest BCUT2D eigenvalue weighted by Gasteiger charge is -2.06. The predicted molar refractivity (Wildman–Crippen MR) is 109 cm³/mol. The Morgan fingerprint density at radius 3 is 2.74 bits per heavy atom. The van der Waals surface area contributed by atoms with Gasteiger partial charge in [-0.1, -0.05) is 29.8 Å². The van der Waals surface area contributed by atoms with Gasteiger partial charge in [-0.25, -0.2) is 5.43 Å². The zero-order chi connectivity index (χ0) is 19.2. The number of nitrogens with zero attached hydrogens (tertiary/aromatic N) is 1. The molecule has 0 atom stereocenters. The highest BCUT2D eigenvalue weighted by atomic mass is 32.1. The molecule has 2 aromatic carbocycles. The lowest BCUT2D eigenvalue weighted by Crippen LogP contribution is -2.17. The number of hydrazone groups is 1. The van der Waals surface area contributed by atoms with E-state index in [1.807, 2.05) is 49.6 Å². The van der Waals surface area contributed by atoms with E-state index in [9.17, 15) is 9.90 Å². The van der Waals surface area contributed by atoms with Crippen molar-refractivity contribution in [3.8, 4) is 22.6 Å². The number of carbonyl (C=O) groups excluding carboxylic acids is 1. The maximum Gasteiger partial charge on any atom is 0.282 e. The minimum atomic E-state index is -0.263. The maximum absolute atomic E-state index is 12.5. The Morgan fingerprint density at radius 2 is 2.00 bits per heavy atom. The van der Waals surface area contributed by atoms with Gasteiger partial charge >= 0.3 is 0 Å². The first-order chi connectivity index (χ1) is 13.1. The third-order valence-electron chi connectivity index (χ3n) is 3.90. The van der Waals surface area contributed by atoms with Gasteiger partial charge in [-0.05, 0) is 54.6 Å². The number of aryl methyl sites for hydroxylation is 1. The first kappa shape index (κ1) is 18.7. The van der Waals surface area contributed by atoms with E-state index < -0.39 is 0 Å². The van der Waals surface area contributed by atoms with Crippen molar-refractivity contribution in [3.63, 3.8) is 0 Å². The molecule has 0 saturated heterocycles. The van der Waals surface area contributed by atoms with Gasteiger partial charge in [-0.15, -0.1) is 11.3 Å². The number of hydrogen-bond acceptors (Lipinski definition) is 5. The number of rotatable bonds is 6. The molecule has 0 aliphatic heterocycles. The van der Waals surface area contributed by atoms with Crippen LogP contribution in [0.1, 0.15) is 27.7 Å². The van der Waals surface area contributed by atoms with Crippen LogP contribution in [0.3, 0.4) is 0 Å². The van der Waals surface area contributed by atoms with Gasteiger partial charge < -0.3 is 9.84 Å². The van der Waals surface area contributed by atoms with Gasteiger partial charge in [-0.3, -0.25) is 4.79 Å². The molecule has 6 heteroatoms. The fourth-order valence-corrected chi connectivity index (χ4v) is 3.35. The fraction of sp³-hybridized carbons (Fsp3) is 0.143. The van der Waals surface area contributed by atoms with Crippen molar-refractivity contribution in [2.75, 3.05) is 6.61 Å². The standard InChI is InChI=1S/C21H20N2O3S/c1-3-26-19-12-15(6-9-18(19)24)13-22-23-21(25)20-17(10-11-27-20)16-7-4-14(2)5-8-16/h4-13,24H,3H2,1-2H3,(H,23,25)/b22-13+. The number of carbonyl (C=O) groups is 1. The van der Waals surface area contributed by atoms with Gasteiger partial charge in [0.1, 0.15) is 4.88 Å². The van der Waals surface area contributed by atoms with E-state index in [-0.39, 0.29) is 11.7 Å². The smallest absolute Gasteiger partial charge is 0.282 e. The Hall–Kier alpha value is -3.12. The summed E-state index contributed by atoms with van der Waals surface area (Å²) in [7, 11) is 0. The van der Waals surface area contributed by atoms with E-state index >= 15 is 0 Å². The molecule has 0 aliphatic rings. The van der Waals surface area contributed by atoms with Gasteiger partial charge in [0.05, 0.1) is 12.8 Å². The number of phenols is 1. The van der Waals surface area contributed by atoms with E-state index in [1.165, 1.54) is 29.2 Å². The summed E-state index contributed by atoms with van der Waals surface area (Å²) in [5.74, 6) is 0.188. The van der Waals surface area contributed by atoms with Crippen molar-refractivity contribution < 1.29 is 14.6 Å². The van der Waals surface area contributed by atoms with Crippen molar-refractivity contribution in [2.45, 2.75) is 13.8 Å². The minimum absolute atomic E-state index is 0.0689. The summed E-state index contributed by atoms with van der Waals surface area (Å²) in [4.78, 5) is 13.1. The molecule has 3 aromatic rings. The monoisotopic (exact) mass is 380 g/mol. The van der Waals surface area contributed by atoms with Crippen LogP contribution in [-0.4, -0.2) is 23.8 Å². The third-order valence-corrected chi connectivity index (χ3v) is 4.81. The predicted octanol–water partition coefficient (Wildman–Crippen LogP) is 4.59. The molecule has 0 spiro atoms. The summed E-state index contributed by atoms with van der Waals surface area (Å²) in [5, 5.41) is 15.6. The molecular formula is C21H20N2O3S. The Labute approximate surface area is 161 Å². The van der Waals surface area contributed by atoms with E-state index in [0.717, 1.165) is 11.1 Å². The van der Waals surface area contributed by atoms with E-state index in [2.05, 4.69) is 10.5 Å². The lowest BCUT2D eigenvalue weighted by atomic mass is 10.1. The van der Waals surface area contributed by atoms with Crippen molar-refractivity contribution in [3.05, 3.63) is 69.9 Å². The largest absolute Gasteiger partial charge is 0.504 e. The van der Waals surface area contributed by atoms with Crippen LogP contribution < -0.4 is 10.2 Å². The summed E-state index contributed by atoms with van der Waals surface area (Å²) in [6.45, 7) is 4.32. The zero-order valence-electron chi connectivity index (χ0n) is 15.1. The van der Waals surface area contributed by atoms with Crippen LogP contribution in [0.4, 0.5) is 0 Å². The molecular weight excluding hydrogens is 360 g/mol. The second kappa shape index (κ2) is 8.51. The Kier molecular flexibility index (Phi) is 5.88. The summed E-state index contributed by atoms with van der Waals surface area (Å²) >= 11 is 1.37. The Balaban J connectivity index is 1.72. The highest BCUT2D eigenvalue weighted by Gasteiger charge is 2.14. The third kappa shape index (κ3) is 4.54. The molecule has 138 valence electrons. The molecule has 0 aliphatic carbocycles. The normalized spacial score (nSPS) is 10.9. The van der Waals surface area contributed by atoms with Gasteiger partial charge in [0.2, 0.25) is 0 Å². The van der Waals surface area contributed by atoms with Crippen LogP contribution in [0.25, 0.3) is 11.1 Å². The quantitative estimate of drug-likeness (QED) is 0.485. The van der Waals surface area contributed by atoms with Crippen LogP contribution >= 0.6 is 11.3 Å². The average Bonchev–Trinajstić information content (AvgIpc) is 3.15. The average molecular weight is 380 g/mol. The van der Waals surface area contributed by atoms with Crippen molar-refractivity contribution in [1.29, 1.82) is 0 Å². The highest BCUT2D eigenvalue weighted by molar-refractivity contribution is 7.12. The van der Waals surface area contributed by atoms with E-state index in [0.29, 0.717) is 22.8 Å². The van der Waals surface area contributed by atoms with Crippen LogP contribution in [0, 0.1) is 6.92 Å². The highest BCUT2D eigenvalue weighted by Crippen LogP contribution is 2.29. The molecule has 1 amide bonds. The van der Waals surface area contributed by atoms with Crippen molar-refractivity contribution in [1.82, 2.24) is 5.43 Å². The van der Waals surface area contributed by atoms with Crippen LogP contribution in [-0.2, 0) is 0 Å². The van der Waals surface area contributed by atoms with Crippen LogP contribution in [0.2, 0.25) is 0 Å². The van der Waals surface area contributed by atoms with Crippen molar-refractivity contribution in [2.24, 2.45) is 5.10 Å².